The van der Waals surface area contributed by atoms with Crippen molar-refractivity contribution in [3.63, 3.8) is 0 Å². The van der Waals surface area contributed by atoms with Crippen molar-refractivity contribution < 1.29 is 19.4 Å². The van der Waals surface area contributed by atoms with Crippen LogP contribution in [-0.2, 0) is 9.53 Å². The van der Waals surface area contributed by atoms with Gasteiger partial charge in [0.2, 0.25) is 11.9 Å². The zero-order valence-electron chi connectivity index (χ0n) is 20.2. The molecule has 0 aliphatic carbocycles. The fraction of sp³-hybridized carbons (Fsp3) is 0.346. The number of hydrogen-bond donors (Lipinski definition) is 2. The van der Waals surface area contributed by atoms with E-state index < -0.39 is 6.61 Å². The summed E-state index contributed by atoms with van der Waals surface area (Å²) in [4.78, 5) is 28.6. The molecular formula is C26H27N7O4. The number of carbonyl (C=O) groups excluding carboxylic acids is 1. The lowest BCUT2D eigenvalue weighted by molar-refractivity contribution is -0.133. The lowest BCUT2D eigenvalue weighted by atomic mass is 10.1. The largest absolute Gasteiger partial charge is 0.487 e. The number of aliphatic hydroxyl groups excluding tert-OH is 1. The molecule has 1 amide bonds. The first-order chi connectivity index (χ1) is 18.1. The van der Waals surface area contributed by atoms with Crippen molar-refractivity contribution in [1.82, 2.24) is 19.9 Å². The third kappa shape index (κ3) is 5.77. The summed E-state index contributed by atoms with van der Waals surface area (Å²) in [7, 11) is 0. The molecule has 2 aliphatic rings. The number of carbonyl (C=O) groups is 1. The molecule has 1 aromatic heterocycles. The third-order valence-corrected chi connectivity index (χ3v) is 6.36. The Balaban J connectivity index is 1.26. The highest BCUT2D eigenvalue weighted by atomic mass is 16.5. The van der Waals surface area contributed by atoms with Gasteiger partial charge in [0, 0.05) is 43.0 Å². The highest BCUT2D eigenvalue weighted by molar-refractivity contribution is 5.77. The van der Waals surface area contributed by atoms with Gasteiger partial charge in [-0.25, -0.2) is 9.97 Å². The first-order valence-electron chi connectivity index (χ1n) is 12.1. The first-order valence-corrected chi connectivity index (χ1v) is 12.1. The van der Waals surface area contributed by atoms with E-state index in [1.54, 1.807) is 23.1 Å². The van der Waals surface area contributed by atoms with E-state index in [4.69, 9.17) is 14.6 Å². The Morgan fingerprint density at radius 1 is 1.16 bits per heavy atom. The summed E-state index contributed by atoms with van der Waals surface area (Å²) in [5, 5.41) is 22.0. The Hall–Kier alpha value is -4.27. The van der Waals surface area contributed by atoms with Crippen molar-refractivity contribution in [3.8, 4) is 23.2 Å². The maximum Gasteiger partial charge on any atom is 0.248 e. The molecule has 0 saturated carbocycles. The summed E-state index contributed by atoms with van der Waals surface area (Å²) in [6, 6.07) is 15.4. The second kappa shape index (κ2) is 11.2. The first kappa shape index (κ1) is 24.4. The maximum absolute atomic E-state index is 11.7. The number of aliphatic hydroxyl groups is 1. The molecule has 1 atom stereocenters. The van der Waals surface area contributed by atoms with Crippen LogP contribution in [0.4, 0.5) is 17.3 Å². The van der Waals surface area contributed by atoms with E-state index in [-0.39, 0.29) is 12.0 Å². The summed E-state index contributed by atoms with van der Waals surface area (Å²) in [6.07, 6.45) is 1.82. The van der Waals surface area contributed by atoms with E-state index in [1.807, 2.05) is 12.1 Å². The molecule has 2 N–H and O–H groups in total. The number of morpholine rings is 1. The number of aromatic nitrogens is 3. The Labute approximate surface area is 214 Å². The summed E-state index contributed by atoms with van der Waals surface area (Å²) < 4.78 is 11.4. The standard InChI is InChI=1S/C26H27N7O4/c27-14-19-13-18(1-6-23(19)37-22-7-8-33(15-22)24(35)16-34)25-28-17-29-26(31-25)30-20-2-4-21(5-3-20)32-9-11-36-12-10-32/h1-6,13,17,22,34H,7-12,15-16H2,(H,28,29,30,31). The number of amides is 1. The fourth-order valence-corrected chi connectivity index (χ4v) is 4.39. The Morgan fingerprint density at radius 3 is 2.73 bits per heavy atom. The van der Waals surface area contributed by atoms with Crippen LogP contribution in [0.3, 0.4) is 0 Å². The van der Waals surface area contributed by atoms with Crippen molar-refractivity contribution in [2.24, 2.45) is 0 Å². The Bertz CT molecular complexity index is 1290. The summed E-state index contributed by atoms with van der Waals surface area (Å²) in [5.41, 5.74) is 2.99. The van der Waals surface area contributed by atoms with Gasteiger partial charge in [-0.3, -0.25) is 4.79 Å². The number of rotatable bonds is 7. The molecule has 0 radical (unpaired) electrons. The van der Waals surface area contributed by atoms with Gasteiger partial charge >= 0.3 is 0 Å². The predicted molar refractivity (Wildman–Crippen MR) is 135 cm³/mol. The van der Waals surface area contributed by atoms with Crippen LogP contribution in [0, 0.1) is 11.3 Å². The van der Waals surface area contributed by atoms with Crippen LogP contribution in [0.25, 0.3) is 11.4 Å². The highest BCUT2D eigenvalue weighted by Crippen LogP contribution is 2.28. The molecule has 1 unspecified atom stereocenters. The zero-order valence-corrected chi connectivity index (χ0v) is 20.2. The highest BCUT2D eigenvalue weighted by Gasteiger charge is 2.27. The van der Waals surface area contributed by atoms with Crippen molar-refractivity contribution in [3.05, 3.63) is 54.4 Å². The number of nitrogens with zero attached hydrogens (tertiary/aromatic N) is 6. The number of nitriles is 1. The van der Waals surface area contributed by atoms with Crippen LogP contribution < -0.4 is 15.0 Å². The van der Waals surface area contributed by atoms with Gasteiger partial charge in [-0.2, -0.15) is 10.2 Å². The molecule has 2 saturated heterocycles. The number of nitrogens with one attached hydrogen (secondary N) is 1. The van der Waals surface area contributed by atoms with Gasteiger partial charge < -0.3 is 29.7 Å². The smallest absolute Gasteiger partial charge is 0.248 e. The lowest BCUT2D eigenvalue weighted by Crippen LogP contribution is -2.36. The summed E-state index contributed by atoms with van der Waals surface area (Å²) >= 11 is 0. The maximum atomic E-state index is 11.7. The summed E-state index contributed by atoms with van der Waals surface area (Å²) in [6.45, 7) is 3.59. The molecule has 0 bridgehead atoms. The van der Waals surface area contributed by atoms with Gasteiger partial charge in [-0.05, 0) is 42.5 Å². The van der Waals surface area contributed by atoms with E-state index in [1.165, 1.54) is 6.33 Å². The van der Waals surface area contributed by atoms with Crippen LogP contribution in [0.1, 0.15) is 12.0 Å². The molecule has 5 rings (SSSR count). The molecule has 37 heavy (non-hydrogen) atoms. The topological polar surface area (TPSA) is 137 Å². The third-order valence-electron chi connectivity index (χ3n) is 6.36. The molecule has 0 spiro atoms. The van der Waals surface area contributed by atoms with Crippen LogP contribution in [-0.4, -0.2) is 83.0 Å². The molecule has 11 heteroatoms. The normalized spacial score (nSPS) is 17.4. The molecule has 2 aliphatic heterocycles. The van der Waals surface area contributed by atoms with Gasteiger partial charge in [0.25, 0.3) is 0 Å². The van der Waals surface area contributed by atoms with Crippen LogP contribution >= 0.6 is 0 Å². The minimum atomic E-state index is -0.520. The average Bonchev–Trinajstić information content (AvgIpc) is 3.42. The van der Waals surface area contributed by atoms with Crippen LogP contribution in [0.5, 0.6) is 5.75 Å². The average molecular weight is 502 g/mol. The lowest BCUT2D eigenvalue weighted by Gasteiger charge is -2.28. The van der Waals surface area contributed by atoms with Gasteiger partial charge in [0.15, 0.2) is 5.82 Å². The van der Waals surface area contributed by atoms with E-state index in [0.717, 1.165) is 37.7 Å². The number of hydrogen-bond acceptors (Lipinski definition) is 10. The van der Waals surface area contributed by atoms with Crippen LogP contribution in [0.15, 0.2) is 48.8 Å². The number of likely N-dealkylation sites (tertiary alicyclic amines) is 1. The predicted octanol–water partition coefficient (Wildman–Crippen LogP) is 1.96. The van der Waals surface area contributed by atoms with Gasteiger partial charge in [0.1, 0.15) is 30.9 Å². The summed E-state index contributed by atoms with van der Waals surface area (Å²) in [5.74, 6) is 0.921. The minimum Gasteiger partial charge on any atom is -0.487 e. The SMILES string of the molecule is N#Cc1cc(-c2ncnc(Nc3ccc(N4CCOCC4)cc3)n2)ccc1OC1CCN(C(=O)CO)C1. The Kier molecular flexibility index (Phi) is 7.39. The van der Waals surface area contributed by atoms with Crippen LogP contribution in [0.2, 0.25) is 0 Å². The van der Waals surface area contributed by atoms with Crippen molar-refractivity contribution in [2.75, 3.05) is 56.2 Å². The number of benzene rings is 2. The molecule has 2 fully saturated rings. The van der Waals surface area contributed by atoms with E-state index >= 15 is 0 Å². The quantitative estimate of drug-likeness (QED) is 0.494. The number of anilines is 3. The van der Waals surface area contributed by atoms with E-state index in [9.17, 15) is 10.1 Å². The molecule has 11 nitrogen and oxygen atoms in total. The second-order valence-electron chi connectivity index (χ2n) is 8.75. The minimum absolute atomic E-state index is 0.240. The van der Waals surface area contributed by atoms with Crippen molar-refractivity contribution in [2.45, 2.75) is 12.5 Å². The van der Waals surface area contributed by atoms with E-state index in [0.29, 0.717) is 48.2 Å². The molecule has 190 valence electrons. The van der Waals surface area contributed by atoms with E-state index in [2.05, 4.69) is 43.4 Å². The van der Waals surface area contributed by atoms with Gasteiger partial charge in [-0.15, -0.1) is 0 Å². The van der Waals surface area contributed by atoms with Crippen molar-refractivity contribution >= 4 is 23.2 Å². The van der Waals surface area contributed by atoms with Crippen molar-refractivity contribution in [1.29, 1.82) is 5.26 Å². The molecule has 3 aromatic rings. The Morgan fingerprint density at radius 2 is 1.97 bits per heavy atom. The molecule has 3 heterocycles. The molecular weight excluding hydrogens is 474 g/mol. The number of ether oxygens (including phenoxy) is 2. The zero-order chi connectivity index (χ0) is 25.6. The molecule has 2 aromatic carbocycles. The van der Waals surface area contributed by atoms with Gasteiger partial charge in [0.05, 0.1) is 25.3 Å². The van der Waals surface area contributed by atoms with Gasteiger partial charge in [-0.1, -0.05) is 0 Å². The monoisotopic (exact) mass is 501 g/mol. The fourth-order valence-electron chi connectivity index (χ4n) is 4.39. The second-order valence-corrected chi connectivity index (χ2v) is 8.75.